The second kappa shape index (κ2) is 15.7. The van der Waals surface area contributed by atoms with Crippen LogP contribution in [0, 0.1) is 11.8 Å². The number of phenolic OH excluding ortho intramolecular Hbond substituents is 2. The van der Waals surface area contributed by atoms with E-state index in [9.17, 15) is 39.0 Å². The van der Waals surface area contributed by atoms with E-state index in [-0.39, 0.29) is 47.8 Å². The number of hydrogen-bond donors (Lipinski definition) is 2. The van der Waals surface area contributed by atoms with Crippen LogP contribution in [0.2, 0.25) is 0 Å². The quantitative estimate of drug-likeness (QED) is 0.130. The number of rotatable bonds is 10. The number of carbonyl (C=O) groups excluding carboxylic acids is 6. The van der Waals surface area contributed by atoms with Gasteiger partial charge in [-0.3, -0.25) is 28.8 Å². The van der Waals surface area contributed by atoms with Crippen LogP contribution >= 0.6 is 0 Å². The number of hydrogen-bond acceptors (Lipinski definition) is 15. The van der Waals surface area contributed by atoms with Gasteiger partial charge in [0.2, 0.25) is 0 Å². The summed E-state index contributed by atoms with van der Waals surface area (Å²) in [6.07, 6.45) is -9.31. The molecule has 3 aromatic carbocycles. The maximum atomic E-state index is 14.6. The summed E-state index contributed by atoms with van der Waals surface area (Å²) in [5.74, 6) is -7.68. The van der Waals surface area contributed by atoms with Gasteiger partial charge in [0.1, 0.15) is 30.0 Å². The van der Waals surface area contributed by atoms with Gasteiger partial charge >= 0.3 is 17.9 Å². The standard InChI is InChI=1S/C39H39NO14/c1-18(41)14-28-36(50-19(2)42)37(51-20(3)43)38(52-21(4)44)39(54-28)53-27-16-23(40-49-17-22-10-6-5-7-11-22)15-26-29(27)35(48)31-30(34(26)47)32(45)24-12-8-9-13-25(24)33(31)46/h5-13,26-29,36-39,45-46H,14-17H2,1-4H3/b40-23+/t26-,27+,28-,29-,36-,37+,38-,39-/m1/s1. The molecule has 0 spiro atoms. The highest BCUT2D eigenvalue weighted by Gasteiger charge is 2.56. The highest BCUT2D eigenvalue weighted by Crippen LogP contribution is 2.49. The van der Waals surface area contributed by atoms with Gasteiger partial charge in [-0.1, -0.05) is 59.8 Å². The maximum absolute atomic E-state index is 14.6. The third-order valence-electron chi connectivity index (χ3n) is 9.58. The number of phenols is 2. The molecule has 3 aliphatic rings. The number of esters is 3. The predicted molar refractivity (Wildman–Crippen MR) is 186 cm³/mol. The molecular weight excluding hydrogens is 706 g/mol. The van der Waals surface area contributed by atoms with Crippen LogP contribution in [-0.2, 0) is 54.3 Å². The summed E-state index contributed by atoms with van der Waals surface area (Å²) in [4.78, 5) is 84.0. The molecule has 15 nitrogen and oxygen atoms in total. The molecule has 3 aromatic rings. The number of ketones is 3. The van der Waals surface area contributed by atoms with Gasteiger partial charge in [-0.2, -0.15) is 0 Å². The summed E-state index contributed by atoms with van der Waals surface area (Å²) in [5, 5.41) is 27.3. The van der Waals surface area contributed by atoms with Crippen LogP contribution in [0.15, 0.2) is 59.8 Å². The molecule has 2 fully saturated rings. The Hall–Kier alpha value is -5.67. The Labute approximate surface area is 309 Å². The molecule has 54 heavy (non-hydrogen) atoms. The fourth-order valence-corrected chi connectivity index (χ4v) is 7.49. The van der Waals surface area contributed by atoms with Crippen molar-refractivity contribution in [2.75, 3.05) is 0 Å². The summed E-state index contributed by atoms with van der Waals surface area (Å²) in [5.41, 5.74) is 0.398. The molecule has 1 saturated carbocycles. The van der Waals surface area contributed by atoms with Crippen LogP contribution in [0.5, 0.6) is 11.5 Å². The molecule has 1 heterocycles. The predicted octanol–water partition coefficient (Wildman–Crippen LogP) is 4.11. The van der Waals surface area contributed by atoms with E-state index in [0.717, 1.165) is 26.3 Å². The minimum absolute atomic E-state index is 0.0766. The summed E-state index contributed by atoms with van der Waals surface area (Å²) in [6.45, 7) is 4.61. The monoisotopic (exact) mass is 745 g/mol. The second-order valence-corrected chi connectivity index (χ2v) is 13.5. The van der Waals surface area contributed by atoms with E-state index in [0.29, 0.717) is 5.71 Å². The van der Waals surface area contributed by atoms with Crippen molar-refractivity contribution in [1.29, 1.82) is 0 Å². The molecule has 0 unspecified atom stereocenters. The Morgan fingerprint density at radius 3 is 1.89 bits per heavy atom. The normalized spacial score (nSPS) is 27.1. The van der Waals surface area contributed by atoms with E-state index in [1.807, 2.05) is 30.3 Å². The molecule has 0 radical (unpaired) electrons. The number of nitrogens with zero attached hydrogens (tertiary/aromatic N) is 1. The van der Waals surface area contributed by atoms with Crippen molar-refractivity contribution in [2.45, 2.75) is 90.4 Å². The summed E-state index contributed by atoms with van der Waals surface area (Å²) < 4.78 is 29.2. The summed E-state index contributed by atoms with van der Waals surface area (Å²) in [6, 6.07) is 15.4. The zero-order valence-corrected chi connectivity index (χ0v) is 29.9. The van der Waals surface area contributed by atoms with Crippen molar-refractivity contribution < 1.29 is 67.5 Å². The Bertz CT molecular complexity index is 2030. The molecule has 0 aromatic heterocycles. The summed E-state index contributed by atoms with van der Waals surface area (Å²) in [7, 11) is 0. The lowest BCUT2D eigenvalue weighted by molar-refractivity contribution is -0.315. The topological polar surface area (TPSA) is 211 Å². The molecule has 2 aliphatic carbocycles. The van der Waals surface area contributed by atoms with Gasteiger partial charge in [0.25, 0.3) is 0 Å². The van der Waals surface area contributed by atoms with E-state index >= 15 is 0 Å². The number of oxime groups is 1. The molecule has 8 atom stereocenters. The first-order valence-corrected chi connectivity index (χ1v) is 17.3. The number of Topliss-reactive ketones (excluding diaryl/α,β-unsaturated/α-hetero) is 3. The van der Waals surface area contributed by atoms with Gasteiger partial charge in [0.05, 0.1) is 28.9 Å². The first-order chi connectivity index (χ1) is 25.7. The SMILES string of the molecule is CC(=O)C[C@H]1O[C@@H](O[C@H]2C/C(=N/OCc3ccccc3)C[C@H]3C(=O)c4c(c(O)c5ccccc5c4O)C(=O)[C@@H]23)[C@H](OC(C)=O)[C@@H](OC(C)=O)[C@@H]1OC(C)=O. The number of fused-ring (bicyclic) bond motifs is 3. The Kier molecular flexibility index (Phi) is 11.1. The van der Waals surface area contributed by atoms with E-state index in [2.05, 4.69) is 5.16 Å². The fraction of sp³-hybridized carbons (Fsp3) is 0.410. The number of benzene rings is 3. The van der Waals surface area contributed by atoms with Crippen molar-refractivity contribution in [3.63, 3.8) is 0 Å². The zero-order valence-electron chi connectivity index (χ0n) is 29.9. The lowest BCUT2D eigenvalue weighted by atomic mass is 9.65. The molecule has 1 aliphatic heterocycles. The van der Waals surface area contributed by atoms with Gasteiger partial charge in [-0.25, -0.2) is 0 Å². The molecule has 1 saturated heterocycles. The van der Waals surface area contributed by atoms with Crippen LogP contribution < -0.4 is 0 Å². The first kappa shape index (κ1) is 38.1. The van der Waals surface area contributed by atoms with E-state index in [4.69, 9.17) is 28.5 Å². The second-order valence-electron chi connectivity index (χ2n) is 13.5. The van der Waals surface area contributed by atoms with Gasteiger partial charge in [-0.15, -0.1) is 0 Å². The molecule has 0 bridgehead atoms. The molecule has 2 N–H and O–H groups in total. The minimum atomic E-state index is -1.66. The van der Waals surface area contributed by atoms with Crippen molar-refractivity contribution in [3.8, 4) is 11.5 Å². The highest BCUT2D eigenvalue weighted by molar-refractivity contribution is 6.24. The van der Waals surface area contributed by atoms with Crippen molar-refractivity contribution >= 4 is 51.7 Å². The van der Waals surface area contributed by atoms with Crippen LogP contribution in [0.4, 0.5) is 0 Å². The molecule has 284 valence electrons. The Morgan fingerprint density at radius 1 is 0.741 bits per heavy atom. The number of aromatic hydroxyl groups is 2. The fourth-order valence-electron chi connectivity index (χ4n) is 7.49. The summed E-state index contributed by atoms with van der Waals surface area (Å²) >= 11 is 0. The lowest BCUT2D eigenvalue weighted by Gasteiger charge is -2.47. The highest BCUT2D eigenvalue weighted by atomic mass is 16.7. The van der Waals surface area contributed by atoms with E-state index in [1.54, 1.807) is 12.1 Å². The van der Waals surface area contributed by atoms with E-state index < -0.39 is 95.4 Å². The van der Waals surface area contributed by atoms with Crippen molar-refractivity contribution in [1.82, 2.24) is 0 Å². The van der Waals surface area contributed by atoms with Gasteiger partial charge in [0.15, 0.2) is 36.2 Å². The maximum Gasteiger partial charge on any atom is 0.303 e. The van der Waals surface area contributed by atoms with E-state index in [1.165, 1.54) is 19.1 Å². The Morgan fingerprint density at radius 2 is 1.30 bits per heavy atom. The average Bonchev–Trinajstić information content (AvgIpc) is 3.11. The van der Waals surface area contributed by atoms with Gasteiger partial charge < -0.3 is 38.7 Å². The van der Waals surface area contributed by atoms with Crippen molar-refractivity contribution in [3.05, 3.63) is 71.3 Å². The Balaban J connectivity index is 1.44. The smallest absolute Gasteiger partial charge is 0.303 e. The molecule has 6 rings (SSSR count). The number of carbonyl (C=O) groups is 6. The molecular formula is C39H39NO14. The van der Waals surface area contributed by atoms with Crippen LogP contribution in [-0.4, -0.2) is 88.0 Å². The zero-order chi connectivity index (χ0) is 38.8. The minimum Gasteiger partial charge on any atom is -0.507 e. The third-order valence-corrected chi connectivity index (χ3v) is 9.58. The first-order valence-electron chi connectivity index (χ1n) is 17.3. The third kappa shape index (κ3) is 7.68. The molecule has 15 heteroatoms. The van der Waals surface area contributed by atoms with Crippen molar-refractivity contribution in [2.24, 2.45) is 17.0 Å². The molecule has 0 amide bonds. The average molecular weight is 746 g/mol. The van der Waals surface area contributed by atoms with Crippen LogP contribution in [0.3, 0.4) is 0 Å². The lowest BCUT2D eigenvalue weighted by Crippen LogP contribution is -2.63. The van der Waals surface area contributed by atoms with Crippen LogP contribution in [0.1, 0.15) is 73.2 Å². The van der Waals surface area contributed by atoms with Crippen LogP contribution in [0.25, 0.3) is 10.8 Å². The van der Waals surface area contributed by atoms with Gasteiger partial charge in [0, 0.05) is 56.7 Å². The largest absolute Gasteiger partial charge is 0.507 e. The number of ether oxygens (including phenoxy) is 5. The van der Waals surface area contributed by atoms with Gasteiger partial charge in [-0.05, 0) is 12.5 Å².